The minimum Gasteiger partial charge on any atom is -0.310 e. The van der Waals surface area contributed by atoms with Gasteiger partial charge in [-0.05, 0) is 132 Å². The molecule has 0 atom stereocenters. The van der Waals surface area contributed by atoms with Gasteiger partial charge in [-0.25, -0.2) is 0 Å². The zero-order valence-electron chi connectivity index (χ0n) is 37.3. The van der Waals surface area contributed by atoms with Crippen LogP contribution in [-0.4, -0.2) is 4.57 Å². The van der Waals surface area contributed by atoms with Crippen molar-refractivity contribution in [3.8, 4) is 50.2 Å². The molecule has 0 saturated heterocycles. The Hall–Kier alpha value is -8.98. The number of hydrogen-bond donors (Lipinski definition) is 0. The number of benzene rings is 12. The Labute approximate surface area is 395 Å². The molecule has 0 saturated carbocycles. The van der Waals surface area contributed by atoms with E-state index in [9.17, 15) is 0 Å². The lowest BCUT2D eigenvalue weighted by Gasteiger charge is -2.29. The summed E-state index contributed by atoms with van der Waals surface area (Å²) in [5, 5.41) is 9.99. The molecule has 0 aliphatic heterocycles. The molecule has 0 spiro atoms. The molecular formula is C66H44N2. The first-order chi connectivity index (χ1) is 33.7. The predicted octanol–water partition coefficient (Wildman–Crippen LogP) is 18.4. The molecule has 12 aromatic carbocycles. The van der Waals surface area contributed by atoms with Crippen molar-refractivity contribution in [3.05, 3.63) is 267 Å². The number of rotatable bonds is 8. The minimum absolute atomic E-state index is 1.07. The lowest BCUT2D eigenvalue weighted by Crippen LogP contribution is -2.11. The molecule has 2 nitrogen and oxygen atoms in total. The van der Waals surface area contributed by atoms with Gasteiger partial charge >= 0.3 is 0 Å². The van der Waals surface area contributed by atoms with Gasteiger partial charge in [0.05, 0.1) is 22.4 Å². The second-order valence-electron chi connectivity index (χ2n) is 17.7. The van der Waals surface area contributed by atoms with Crippen LogP contribution < -0.4 is 4.90 Å². The topological polar surface area (TPSA) is 8.17 Å². The molecule has 13 aromatic rings. The monoisotopic (exact) mass is 864 g/mol. The predicted molar refractivity (Wildman–Crippen MR) is 290 cm³/mol. The van der Waals surface area contributed by atoms with Gasteiger partial charge in [-0.1, -0.05) is 200 Å². The van der Waals surface area contributed by atoms with Gasteiger partial charge in [-0.15, -0.1) is 0 Å². The van der Waals surface area contributed by atoms with E-state index in [-0.39, 0.29) is 0 Å². The van der Waals surface area contributed by atoms with E-state index in [4.69, 9.17) is 0 Å². The Morgan fingerprint density at radius 2 is 0.838 bits per heavy atom. The number of aromatic nitrogens is 1. The third kappa shape index (κ3) is 6.73. The van der Waals surface area contributed by atoms with E-state index in [0.29, 0.717) is 0 Å². The summed E-state index contributed by atoms with van der Waals surface area (Å²) in [6.07, 6.45) is 0. The first-order valence-corrected chi connectivity index (χ1v) is 23.4. The molecule has 13 rings (SSSR count). The summed E-state index contributed by atoms with van der Waals surface area (Å²) in [6, 6.07) is 97.6. The van der Waals surface area contributed by atoms with Crippen LogP contribution in [0.3, 0.4) is 0 Å². The van der Waals surface area contributed by atoms with Crippen LogP contribution in [0.5, 0.6) is 0 Å². The fourth-order valence-electron chi connectivity index (χ4n) is 10.5. The van der Waals surface area contributed by atoms with Crippen LogP contribution in [0.15, 0.2) is 267 Å². The zero-order valence-corrected chi connectivity index (χ0v) is 37.3. The third-order valence-electron chi connectivity index (χ3n) is 13.7. The van der Waals surface area contributed by atoms with Crippen molar-refractivity contribution < 1.29 is 0 Å². The summed E-state index contributed by atoms with van der Waals surface area (Å²) >= 11 is 0. The van der Waals surface area contributed by atoms with E-state index in [0.717, 1.165) is 39.4 Å². The van der Waals surface area contributed by atoms with Crippen molar-refractivity contribution >= 4 is 71.2 Å². The number of hydrogen-bond acceptors (Lipinski definition) is 1. The van der Waals surface area contributed by atoms with E-state index in [1.54, 1.807) is 0 Å². The molecular weight excluding hydrogens is 821 g/mol. The molecule has 0 aliphatic rings. The Kier molecular flexibility index (Phi) is 9.54. The highest BCUT2D eigenvalue weighted by Crippen LogP contribution is 2.46. The smallest absolute Gasteiger partial charge is 0.0547 e. The molecule has 0 aliphatic carbocycles. The summed E-state index contributed by atoms with van der Waals surface area (Å²) < 4.78 is 2.45. The largest absolute Gasteiger partial charge is 0.310 e. The number of nitrogens with zero attached hydrogens (tertiary/aromatic N) is 2. The highest BCUT2D eigenvalue weighted by molar-refractivity contribution is 6.15. The van der Waals surface area contributed by atoms with E-state index in [2.05, 4.69) is 276 Å². The van der Waals surface area contributed by atoms with Crippen LogP contribution in [0.4, 0.5) is 17.1 Å². The van der Waals surface area contributed by atoms with Gasteiger partial charge < -0.3 is 9.47 Å². The van der Waals surface area contributed by atoms with Gasteiger partial charge in [0.2, 0.25) is 0 Å². The average molecular weight is 865 g/mol. The van der Waals surface area contributed by atoms with Crippen LogP contribution in [0.2, 0.25) is 0 Å². The van der Waals surface area contributed by atoms with Crippen molar-refractivity contribution in [2.75, 3.05) is 4.90 Å². The quantitative estimate of drug-likeness (QED) is 0.138. The molecule has 0 amide bonds. The van der Waals surface area contributed by atoms with E-state index in [1.165, 1.54) is 81.9 Å². The van der Waals surface area contributed by atoms with Gasteiger partial charge in [0.25, 0.3) is 0 Å². The number of fused-ring (bicyclic) bond motifs is 7. The van der Waals surface area contributed by atoms with Gasteiger partial charge in [0, 0.05) is 33.3 Å². The first-order valence-electron chi connectivity index (χ1n) is 23.4. The van der Waals surface area contributed by atoms with Crippen molar-refractivity contribution in [2.45, 2.75) is 0 Å². The van der Waals surface area contributed by atoms with E-state index >= 15 is 0 Å². The van der Waals surface area contributed by atoms with Crippen LogP contribution in [0, 0.1) is 0 Å². The fraction of sp³-hybridized carbons (Fsp3) is 0. The van der Waals surface area contributed by atoms with Gasteiger partial charge in [-0.3, -0.25) is 0 Å². The van der Waals surface area contributed by atoms with Crippen LogP contribution in [0.25, 0.3) is 104 Å². The Morgan fingerprint density at radius 3 is 1.63 bits per heavy atom. The van der Waals surface area contributed by atoms with Crippen LogP contribution in [-0.2, 0) is 0 Å². The second kappa shape index (κ2) is 16.5. The van der Waals surface area contributed by atoms with Crippen molar-refractivity contribution in [2.24, 2.45) is 0 Å². The molecule has 0 fully saturated rings. The van der Waals surface area contributed by atoms with Crippen molar-refractivity contribution in [3.63, 3.8) is 0 Å². The number of anilines is 3. The molecule has 68 heavy (non-hydrogen) atoms. The second-order valence-corrected chi connectivity index (χ2v) is 17.7. The zero-order chi connectivity index (χ0) is 45.0. The van der Waals surface area contributed by atoms with Gasteiger partial charge in [0.15, 0.2) is 0 Å². The van der Waals surface area contributed by atoms with Gasteiger partial charge in [0.1, 0.15) is 0 Å². The highest BCUT2D eigenvalue weighted by Gasteiger charge is 2.21. The molecule has 0 radical (unpaired) electrons. The standard InChI is InChI=1S/C66H44N2/c1-3-18-45(19-4-1)50-36-39-65(61(41-50)46-20-5-2-6-21-46)67(54-26-17-25-51(40-54)60-43-52-24-9-10-27-55(52)57-29-11-12-30-58(57)60)53-37-34-47(35-38-53)56-28-13-15-32-63(56)68-64-33-16-14-31-59(64)62-42-48-22-7-8-23-49(48)44-66(62)68/h1-44H. The van der Waals surface area contributed by atoms with Crippen molar-refractivity contribution in [1.82, 2.24) is 4.57 Å². The average Bonchev–Trinajstić information content (AvgIpc) is 3.73. The normalized spacial score (nSPS) is 11.5. The minimum atomic E-state index is 1.07. The lowest BCUT2D eigenvalue weighted by atomic mass is 9.92. The SMILES string of the molecule is c1ccc(-c2ccc(N(c3ccc(-c4ccccc4-n4c5ccccc5c5cc6ccccc6cc54)cc3)c3cccc(-c4cc5ccccc5c5ccccc45)c3)c(-c3ccccc3)c2)cc1. The van der Waals surface area contributed by atoms with Crippen LogP contribution in [0.1, 0.15) is 0 Å². The molecule has 1 heterocycles. The maximum Gasteiger partial charge on any atom is 0.0547 e. The lowest BCUT2D eigenvalue weighted by molar-refractivity contribution is 1.18. The van der Waals surface area contributed by atoms with Crippen LogP contribution >= 0.6 is 0 Å². The molecule has 0 bridgehead atoms. The maximum absolute atomic E-state index is 2.45. The summed E-state index contributed by atoms with van der Waals surface area (Å²) in [5.74, 6) is 0. The summed E-state index contributed by atoms with van der Waals surface area (Å²) in [7, 11) is 0. The Balaban J connectivity index is 0.998. The summed E-state index contributed by atoms with van der Waals surface area (Å²) in [4.78, 5) is 2.44. The summed E-state index contributed by atoms with van der Waals surface area (Å²) in [6.45, 7) is 0. The summed E-state index contributed by atoms with van der Waals surface area (Å²) in [5.41, 5.74) is 16.2. The number of para-hydroxylation sites is 2. The van der Waals surface area contributed by atoms with E-state index in [1.807, 2.05) is 0 Å². The van der Waals surface area contributed by atoms with E-state index < -0.39 is 0 Å². The fourth-order valence-corrected chi connectivity index (χ4v) is 10.5. The molecule has 318 valence electrons. The first kappa shape index (κ1) is 39.4. The molecule has 0 N–H and O–H groups in total. The molecule has 2 heteroatoms. The maximum atomic E-state index is 2.45. The third-order valence-corrected chi connectivity index (χ3v) is 13.7. The Bertz CT molecular complexity index is 4020. The molecule has 0 unspecified atom stereocenters. The Morgan fingerprint density at radius 1 is 0.250 bits per heavy atom. The molecule has 1 aromatic heterocycles. The van der Waals surface area contributed by atoms with Gasteiger partial charge in [-0.2, -0.15) is 0 Å². The van der Waals surface area contributed by atoms with Crippen molar-refractivity contribution in [1.29, 1.82) is 0 Å². The highest BCUT2D eigenvalue weighted by atomic mass is 15.1.